The van der Waals surface area contributed by atoms with E-state index in [0.717, 1.165) is 10.5 Å². The second-order valence-corrected chi connectivity index (χ2v) is 4.95. The maximum absolute atomic E-state index is 4.74. The van der Waals surface area contributed by atoms with Crippen molar-refractivity contribution in [2.45, 2.75) is 20.8 Å². The number of aryl methyl sites for hydroxylation is 3. The first-order valence-corrected chi connectivity index (χ1v) is 6.19. The normalized spacial score (nSPS) is 12.1. The Morgan fingerprint density at radius 2 is 1.81 bits per heavy atom. The van der Waals surface area contributed by atoms with Crippen LogP contribution in [0.4, 0.5) is 5.69 Å². The summed E-state index contributed by atoms with van der Waals surface area (Å²) in [5, 5.41) is 2.05. The summed E-state index contributed by atoms with van der Waals surface area (Å²) in [5.41, 5.74) is 4.91. The molecule has 1 aromatic heterocycles. The molecule has 0 fully saturated rings. The van der Waals surface area contributed by atoms with Gasteiger partial charge in [0.15, 0.2) is 4.80 Å². The highest BCUT2D eigenvalue weighted by Gasteiger charge is 2.03. The summed E-state index contributed by atoms with van der Waals surface area (Å²) in [5.74, 6) is 0. The van der Waals surface area contributed by atoms with Gasteiger partial charge in [0.05, 0.1) is 5.69 Å². The van der Waals surface area contributed by atoms with Crippen molar-refractivity contribution < 1.29 is 0 Å². The van der Waals surface area contributed by atoms with Crippen molar-refractivity contribution >= 4 is 17.0 Å². The summed E-state index contributed by atoms with van der Waals surface area (Å²) in [4.78, 5) is 5.78. The number of nitrogens with zero attached hydrogens (tertiary/aromatic N) is 2. The standard InChI is InChI=1S/C13H16N2S/c1-9-5-6-10(2)12(11(9)3)14-13-15(4)7-8-16-13/h5-8H,1-4H3. The SMILES string of the molecule is Cc1ccc(C)c(N=c2sccn2C)c1C. The molecule has 0 radical (unpaired) electrons. The molecule has 1 heterocycles. The molecule has 0 saturated heterocycles. The van der Waals surface area contributed by atoms with E-state index in [4.69, 9.17) is 4.99 Å². The quantitative estimate of drug-likeness (QED) is 0.718. The first-order chi connectivity index (χ1) is 7.59. The van der Waals surface area contributed by atoms with Crippen molar-refractivity contribution in [2.24, 2.45) is 12.0 Å². The van der Waals surface area contributed by atoms with E-state index in [-0.39, 0.29) is 0 Å². The molecule has 2 aromatic rings. The topological polar surface area (TPSA) is 17.3 Å². The van der Waals surface area contributed by atoms with Crippen LogP contribution in [0.3, 0.4) is 0 Å². The Hall–Kier alpha value is -1.35. The van der Waals surface area contributed by atoms with Gasteiger partial charge in [0, 0.05) is 18.6 Å². The van der Waals surface area contributed by atoms with Crippen molar-refractivity contribution in [2.75, 3.05) is 0 Å². The van der Waals surface area contributed by atoms with Crippen LogP contribution >= 0.6 is 11.3 Å². The van der Waals surface area contributed by atoms with Gasteiger partial charge in [0.1, 0.15) is 0 Å². The van der Waals surface area contributed by atoms with E-state index in [1.807, 2.05) is 17.8 Å². The summed E-state index contributed by atoms with van der Waals surface area (Å²) in [6.07, 6.45) is 2.03. The van der Waals surface area contributed by atoms with Crippen LogP contribution in [-0.4, -0.2) is 4.57 Å². The molecule has 0 atom stereocenters. The van der Waals surface area contributed by atoms with Crippen molar-refractivity contribution in [1.29, 1.82) is 0 Å². The summed E-state index contributed by atoms with van der Waals surface area (Å²) < 4.78 is 2.05. The average molecular weight is 232 g/mol. The molecule has 1 aromatic carbocycles. The monoisotopic (exact) mass is 232 g/mol. The van der Waals surface area contributed by atoms with Crippen LogP contribution in [0, 0.1) is 20.8 Å². The molecule has 0 aliphatic carbocycles. The van der Waals surface area contributed by atoms with Crippen LogP contribution < -0.4 is 4.80 Å². The highest BCUT2D eigenvalue weighted by Crippen LogP contribution is 2.25. The van der Waals surface area contributed by atoms with Gasteiger partial charge in [-0.15, -0.1) is 11.3 Å². The van der Waals surface area contributed by atoms with E-state index in [1.54, 1.807) is 11.3 Å². The third-order valence-corrected chi connectivity index (χ3v) is 3.72. The summed E-state index contributed by atoms with van der Waals surface area (Å²) in [7, 11) is 2.02. The maximum atomic E-state index is 4.74. The van der Waals surface area contributed by atoms with E-state index in [2.05, 4.69) is 38.3 Å². The van der Waals surface area contributed by atoms with Crippen molar-refractivity contribution in [1.82, 2.24) is 4.57 Å². The third kappa shape index (κ3) is 1.95. The van der Waals surface area contributed by atoms with Gasteiger partial charge in [-0.1, -0.05) is 12.1 Å². The Kier molecular flexibility index (Phi) is 2.97. The smallest absolute Gasteiger partial charge is 0.189 e. The Morgan fingerprint density at radius 3 is 2.44 bits per heavy atom. The van der Waals surface area contributed by atoms with E-state index >= 15 is 0 Å². The zero-order valence-electron chi connectivity index (χ0n) is 10.1. The fraction of sp³-hybridized carbons (Fsp3) is 0.308. The molecule has 0 aliphatic heterocycles. The van der Waals surface area contributed by atoms with Crippen LogP contribution in [0.2, 0.25) is 0 Å². The molecule has 0 bridgehead atoms. The number of benzene rings is 1. The lowest BCUT2D eigenvalue weighted by molar-refractivity contribution is 0.872. The second kappa shape index (κ2) is 4.26. The third-order valence-electron chi connectivity index (χ3n) is 2.87. The first kappa shape index (κ1) is 11.1. The number of aromatic nitrogens is 1. The van der Waals surface area contributed by atoms with Gasteiger partial charge in [0.2, 0.25) is 0 Å². The van der Waals surface area contributed by atoms with Gasteiger partial charge in [-0.25, -0.2) is 4.99 Å². The minimum atomic E-state index is 1.04. The number of thiazole rings is 1. The van der Waals surface area contributed by atoms with Crippen molar-refractivity contribution in [3.8, 4) is 0 Å². The highest BCUT2D eigenvalue weighted by atomic mass is 32.1. The lowest BCUT2D eigenvalue weighted by Gasteiger charge is -2.07. The minimum absolute atomic E-state index is 1.04. The molecule has 0 aliphatic rings. The molecule has 0 unspecified atom stereocenters. The van der Waals surface area contributed by atoms with Gasteiger partial charge < -0.3 is 4.57 Å². The van der Waals surface area contributed by atoms with Gasteiger partial charge in [-0.2, -0.15) is 0 Å². The maximum Gasteiger partial charge on any atom is 0.189 e. The molecule has 84 valence electrons. The number of hydrogen-bond acceptors (Lipinski definition) is 2. The Labute approximate surface area is 99.9 Å². The van der Waals surface area contributed by atoms with E-state index in [1.165, 1.54) is 16.7 Å². The fourth-order valence-electron chi connectivity index (χ4n) is 1.64. The molecule has 2 nitrogen and oxygen atoms in total. The van der Waals surface area contributed by atoms with Crippen LogP contribution in [0.25, 0.3) is 0 Å². The molecule has 2 rings (SSSR count). The molecular formula is C13H16N2S. The summed E-state index contributed by atoms with van der Waals surface area (Å²) >= 11 is 1.66. The molecular weight excluding hydrogens is 216 g/mol. The average Bonchev–Trinajstić information content (AvgIpc) is 2.65. The molecule has 0 N–H and O–H groups in total. The Balaban J connectivity index is 2.67. The minimum Gasteiger partial charge on any atom is -0.327 e. The van der Waals surface area contributed by atoms with Gasteiger partial charge >= 0.3 is 0 Å². The van der Waals surface area contributed by atoms with Gasteiger partial charge in [-0.3, -0.25) is 0 Å². The van der Waals surface area contributed by atoms with E-state index in [0.29, 0.717) is 0 Å². The summed E-state index contributed by atoms with van der Waals surface area (Å²) in [6, 6.07) is 4.28. The van der Waals surface area contributed by atoms with Crippen LogP contribution in [0.1, 0.15) is 16.7 Å². The van der Waals surface area contributed by atoms with Crippen molar-refractivity contribution in [3.63, 3.8) is 0 Å². The second-order valence-electron chi connectivity index (χ2n) is 4.08. The highest BCUT2D eigenvalue weighted by molar-refractivity contribution is 7.07. The molecule has 0 spiro atoms. The van der Waals surface area contributed by atoms with Gasteiger partial charge in [-0.05, 0) is 37.5 Å². The lowest BCUT2D eigenvalue weighted by Crippen LogP contribution is -2.08. The predicted octanol–water partition coefficient (Wildman–Crippen LogP) is 3.24. The molecule has 3 heteroatoms. The summed E-state index contributed by atoms with van der Waals surface area (Å²) in [6.45, 7) is 6.37. The number of rotatable bonds is 1. The molecule has 0 saturated carbocycles. The Morgan fingerprint density at radius 1 is 1.12 bits per heavy atom. The lowest BCUT2D eigenvalue weighted by atomic mass is 10.0. The Bertz CT molecular complexity index is 576. The fourth-order valence-corrected chi connectivity index (χ4v) is 2.38. The van der Waals surface area contributed by atoms with Crippen LogP contribution in [0.5, 0.6) is 0 Å². The van der Waals surface area contributed by atoms with E-state index in [9.17, 15) is 0 Å². The van der Waals surface area contributed by atoms with Crippen LogP contribution in [0.15, 0.2) is 28.7 Å². The van der Waals surface area contributed by atoms with Gasteiger partial charge in [0.25, 0.3) is 0 Å². The zero-order chi connectivity index (χ0) is 11.7. The largest absolute Gasteiger partial charge is 0.327 e. The first-order valence-electron chi connectivity index (χ1n) is 5.31. The zero-order valence-corrected chi connectivity index (χ0v) is 10.9. The van der Waals surface area contributed by atoms with Crippen molar-refractivity contribution in [3.05, 3.63) is 45.2 Å². The molecule has 0 amide bonds. The van der Waals surface area contributed by atoms with E-state index < -0.39 is 0 Å². The molecule has 16 heavy (non-hydrogen) atoms. The number of hydrogen-bond donors (Lipinski definition) is 0. The van der Waals surface area contributed by atoms with Crippen LogP contribution in [-0.2, 0) is 7.05 Å². The predicted molar refractivity (Wildman–Crippen MR) is 69.2 cm³/mol.